The SMILES string of the molecule is c1ccc(-c2ccc(-c3cccc4c3oc3ccc(-c5nc(-c6ccc7ccccc7c6)nc(-c6cccc7ccccc67)n5)cc34)cc2)cc1. The molecule has 0 N–H and O–H groups in total. The van der Waals surface area contributed by atoms with Gasteiger partial charge in [-0.25, -0.2) is 15.0 Å². The maximum atomic E-state index is 6.57. The Labute approximate surface area is 294 Å². The van der Waals surface area contributed by atoms with Crippen LogP contribution in [-0.2, 0) is 0 Å². The van der Waals surface area contributed by atoms with Gasteiger partial charge in [-0.15, -0.1) is 0 Å². The topological polar surface area (TPSA) is 51.8 Å². The van der Waals surface area contributed by atoms with Crippen molar-refractivity contribution in [2.24, 2.45) is 0 Å². The summed E-state index contributed by atoms with van der Waals surface area (Å²) >= 11 is 0. The fourth-order valence-electron chi connectivity index (χ4n) is 7.14. The molecule has 0 aliphatic carbocycles. The third-order valence-corrected chi connectivity index (χ3v) is 9.73. The van der Waals surface area contributed by atoms with E-state index in [0.717, 1.165) is 65.9 Å². The molecule has 10 aromatic rings. The average Bonchev–Trinajstić information content (AvgIpc) is 3.59. The van der Waals surface area contributed by atoms with Crippen molar-refractivity contribution < 1.29 is 4.42 Å². The molecule has 0 saturated heterocycles. The van der Waals surface area contributed by atoms with E-state index < -0.39 is 0 Å². The van der Waals surface area contributed by atoms with Crippen LogP contribution in [-0.4, -0.2) is 15.0 Å². The number of hydrogen-bond acceptors (Lipinski definition) is 4. The highest BCUT2D eigenvalue weighted by atomic mass is 16.3. The predicted molar refractivity (Wildman–Crippen MR) is 209 cm³/mol. The second-order valence-corrected chi connectivity index (χ2v) is 12.8. The number of fused-ring (bicyclic) bond motifs is 5. The molecule has 0 aliphatic heterocycles. The molecule has 0 atom stereocenters. The molecule has 4 heteroatoms. The van der Waals surface area contributed by atoms with Gasteiger partial charge >= 0.3 is 0 Å². The van der Waals surface area contributed by atoms with Gasteiger partial charge in [0.2, 0.25) is 0 Å². The van der Waals surface area contributed by atoms with Crippen molar-refractivity contribution >= 4 is 43.5 Å². The van der Waals surface area contributed by atoms with Gasteiger partial charge in [-0.2, -0.15) is 0 Å². The van der Waals surface area contributed by atoms with Gasteiger partial charge in [0.1, 0.15) is 11.2 Å². The molecule has 0 radical (unpaired) electrons. The quantitative estimate of drug-likeness (QED) is 0.186. The zero-order valence-corrected chi connectivity index (χ0v) is 27.5. The molecule has 0 bridgehead atoms. The van der Waals surface area contributed by atoms with Gasteiger partial charge in [0.15, 0.2) is 17.5 Å². The van der Waals surface area contributed by atoms with E-state index in [2.05, 4.69) is 158 Å². The number of benzene rings is 8. The highest BCUT2D eigenvalue weighted by Gasteiger charge is 2.17. The minimum Gasteiger partial charge on any atom is -0.455 e. The fourth-order valence-corrected chi connectivity index (χ4v) is 7.14. The van der Waals surface area contributed by atoms with Crippen LogP contribution in [0.25, 0.3) is 99.9 Å². The molecule has 0 fully saturated rings. The van der Waals surface area contributed by atoms with Crippen LogP contribution in [0.5, 0.6) is 0 Å². The van der Waals surface area contributed by atoms with Crippen molar-refractivity contribution in [3.63, 3.8) is 0 Å². The number of rotatable bonds is 5. The Balaban J connectivity index is 1.12. The zero-order chi connectivity index (χ0) is 33.7. The Bertz CT molecular complexity index is 2900. The second-order valence-electron chi connectivity index (χ2n) is 12.8. The highest BCUT2D eigenvalue weighted by Crippen LogP contribution is 2.38. The summed E-state index contributed by atoms with van der Waals surface area (Å²) < 4.78 is 6.57. The van der Waals surface area contributed by atoms with Crippen LogP contribution in [0, 0.1) is 0 Å². The summed E-state index contributed by atoms with van der Waals surface area (Å²) in [6, 6.07) is 61.1. The largest absolute Gasteiger partial charge is 0.455 e. The summed E-state index contributed by atoms with van der Waals surface area (Å²) in [7, 11) is 0. The first-order chi connectivity index (χ1) is 25.2. The van der Waals surface area contributed by atoms with Gasteiger partial charge < -0.3 is 4.42 Å². The summed E-state index contributed by atoms with van der Waals surface area (Å²) in [5.74, 6) is 1.88. The van der Waals surface area contributed by atoms with Crippen LogP contribution in [0.2, 0.25) is 0 Å². The molecule has 0 saturated carbocycles. The summed E-state index contributed by atoms with van der Waals surface area (Å²) in [4.78, 5) is 15.3. The molecule has 10 rings (SSSR count). The first-order valence-corrected chi connectivity index (χ1v) is 17.1. The van der Waals surface area contributed by atoms with Crippen LogP contribution in [0.15, 0.2) is 180 Å². The number of furan rings is 1. The predicted octanol–water partition coefficient (Wildman–Crippen LogP) is 12.4. The van der Waals surface area contributed by atoms with E-state index in [1.54, 1.807) is 0 Å². The van der Waals surface area contributed by atoms with Crippen molar-refractivity contribution in [1.82, 2.24) is 15.0 Å². The lowest BCUT2D eigenvalue weighted by molar-refractivity contribution is 0.670. The Morgan fingerprint density at radius 3 is 1.73 bits per heavy atom. The Morgan fingerprint density at radius 2 is 0.882 bits per heavy atom. The van der Waals surface area contributed by atoms with E-state index in [-0.39, 0.29) is 0 Å². The van der Waals surface area contributed by atoms with Crippen molar-refractivity contribution in [3.8, 4) is 56.4 Å². The molecule has 4 nitrogen and oxygen atoms in total. The normalized spacial score (nSPS) is 11.5. The van der Waals surface area contributed by atoms with Crippen molar-refractivity contribution in [2.75, 3.05) is 0 Å². The Morgan fingerprint density at radius 1 is 0.314 bits per heavy atom. The van der Waals surface area contributed by atoms with E-state index in [1.807, 2.05) is 18.2 Å². The molecule has 8 aromatic carbocycles. The van der Waals surface area contributed by atoms with Crippen molar-refractivity contribution in [1.29, 1.82) is 0 Å². The Kier molecular flexibility index (Phi) is 6.78. The van der Waals surface area contributed by atoms with Crippen LogP contribution in [0.4, 0.5) is 0 Å². The molecule has 0 unspecified atom stereocenters. The molecule has 0 aliphatic rings. The molecule has 2 heterocycles. The van der Waals surface area contributed by atoms with Gasteiger partial charge in [0, 0.05) is 33.0 Å². The molecule has 2 aromatic heterocycles. The summed E-state index contributed by atoms with van der Waals surface area (Å²) in [5.41, 5.74) is 9.04. The molecular weight excluding hydrogens is 623 g/mol. The highest BCUT2D eigenvalue weighted by molar-refractivity contribution is 6.10. The monoisotopic (exact) mass is 651 g/mol. The lowest BCUT2D eigenvalue weighted by Gasteiger charge is -2.11. The van der Waals surface area contributed by atoms with Crippen LogP contribution < -0.4 is 0 Å². The second kappa shape index (κ2) is 11.9. The van der Waals surface area contributed by atoms with E-state index in [9.17, 15) is 0 Å². The number of para-hydroxylation sites is 1. The summed E-state index contributed by atoms with van der Waals surface area (Å²) in [6.07, 6.45) is 0. The van der Waals surface area contributed by atoms with Crippen LogP contribution in [0.3, 0.4) is 0 Å². The van der Waals surface area contributed by atoms with E-state index in [1.165, 1.54) is 16.5 Å². The maximum absolute atomic E-state index is 6.57. The third kappa shape index (κ3) is 5.13. The zero-order valence-electron chi connectivity index (χ0n) is 27.5. The van der Waals surface area contributed by atoms with Gasteiger partial charge in [-0.1, -0.05) is 152 Å². The maximum Gasteiger partial charge on any atom is 0.164 e. The number of nitrogens with zero attached hydrogens (tertiary/aromatic N) is 3. The summed E-state index contributed by atoms with van der Waals surface area (Å²) in [5, 5.41) is 6.62. The first kappa shape index (κ1) is 29.0. The first-order valence-electron chi connectivity index (χ1n) is 17.1. The number of hydrogen-bond donors (Lipinski definition) is 0. The average molecular weight is 652 g/mol. The minimum absolute atomic E-state index is 0.611. The lowest BCUT2D eigenvalue weighted by Crippen LogP contribution is -2.00. The van der Waals surface area contributed by atoms with Gasteiger partial charge in [0.05, 0.1) is 0 Å². The molecular formula is C47H29N3O. The smallest absolute Gasteiger partial charge is 0.164 e. The van der Waals surface area contributed by atoms with Gasteiger partial charge in [-0.05, 0) is 62.5 Å². The van der Waals surface area contributed by atoms with Gasteiger partial charge in [-0.3, -0.25) is 0 Å². The lowest BCUT2D eigenvalue weighted by atomic mass is 9.98. The van der Waals surface area contributed by atoms with Crippen molar-refractivity contribution in [2.45, 2.75) is 0 Å². The molecule has 51 heavy (non-hydrogen) atoms. The third-order valence-electron chi connectivity index (χ3n) is 9.73. The summed E-state index contributed by atoms with van der Waals surface area (Å²) in [6.45, 7) is 0. The van der Waals surface area contributed by atoms with Crippen LogP contribution >= 0.6 is 0 Å². The van der Waals surface area contributed by atoms with Crippen molar-refractivity contribution in [3.05, 3.63) is 176 Å². The molecule has 0 amide bonds. The van der Waals surface area contributed by atoms with Crippen LogP contribution in [0.1, 0.15) is 0 Å². The minimum atomic E-state index is 0.611. The van der Waals surface area contributed by atoms with E-state index >= 15 is 0 Å². The number of aromatic nitrogens is 3. The van der Waals surface area contributed by atoms with E-state index in [0.29, 0.717) is 17.5 Å². The van der Waals surface area contributed by atoms with Gasteiger partial charge in [0.25, 0.3) is 0 Å². The van der Waals surface area contributed by atoms with E-state index in [4.69, 9.17) is 19.4 Å². The molecule has 0 spiro atoms. The standard InChI is InChI=1S/C47H29N3O/c1-2-10-30(11-3-1)32-20-23-34(24-21-32)39-17-9-18-40-42-29-37(26-27-43(42)51-44(39)40)46-48-45(36-25-22-31-12-4-5-14-35(31)28-36)49-47(50-46)41-19-8-15-33-13-6-7-16-38(33)41/h1-29H. The molecule has 238 valence electrons. The Hall–Kier alpha value is -6.91. The fraction of sp³-hybridized carbons (Fsp3) is 0.